The summed E-state index contributed by atoms with van der Waals surface area (Å²) in [5.41, 5.74) is -0.0460. The van der Waals surface area contributed by atoms with Crippen molar-refractivity contribution >= 4 is 0 Å². The fraction of sp³-hybridized carbons (Fsp3) is 1.00. The molecule has 0 saturated carbocycles. The summed E-state index contributed by atoms with van der Waals surface area (Å²) in [4.78, 5) is 0. The lowest BCUT2D eigenvalue weighted by atomic mass is 10.00. The molecule has 0 aliphatic heterocycles. The zero-order chi connectivity index (χ0) is 13.9. The molecule has 0 spiro atoms. The zero-order valence-corrected chi connectivity index (χ0v) is 12.8. The van der Waals surface area contributed by atoms with E-state index < -0.39 is 0 Å². The van der Waals surface area contributed by atoms with Gasteiger partial charge in [-0.2, -0.15) is 0 Å². The van der Waals surface area contributed by atoms with Crippen LogP contribution in [0.3, 0.4) is 0 Å². The first-order valence-electron chi connectivity index (χ1n) is 6.87. The summed E-state index contributed by atoms with van der Waals surface area (Å²) in [5, 5.41) is 3.51. The third kappa shape index (κ3) is 11.0. The monoisotopic (exact) mass is 261 g/mol. The summed E-state index contributed by atoms with van der Waals surface area (Å²) in [7, 11) is 3.46. The molecular formula is C14H31NO3. The van der Waals surface area contributed by atoms with Gasteiger partial charge in [-0.15, -0.1) is 0 Å². The highest BCUT2D eigenvalue weighted by molar-refractivity contribution is 4.75. The van der Waals surface area contributed by atoms with E-state index in [1.165, 1.54) is 0 Å². The topological polar surface area (TPSA) is 39.7 Å². The van der Waals surface area contributed by atoms with Crippen molar-refractivity contribution in [3.05, 3.63) is 0 Å². The minimum Gasteiger partial charge on any atom is -0.382 e. The van der Waals surface area contributed by atoms with E-state index in [1.807, 2.05) is 0 Å². The summed E-state index contributed by atoms with van der Waals surface area (Å²) in [6, 6.07) is 0.481. The number of hydrogen-bond acceptors (Lipinski definition) is 4. The molecule has 0 heterocycles. The molecule has 0 aromatic heterocycles. The molecule has 0 fully saturated rings. The molecule has 0 bridgehead atoms. The van der Waals surface area contributed by atoms with Crippen molar-refractivity contribution in [2.75, 3.05) is 40.6 Å². The molecule has 110 valence electrons. The minimum atomic E-state index is -0.0460. The maximum absolute atomic E-state index is 5.42. The van der Waals surface area contributed by atoms with Gasteiger partial charge in [0, 0.05) is 26.9 Å². The molecule has 18 heavy (non-hydrogen) atoms. The van der Waals surface area contributed by atoms with Crippen molar-refractivity contribution in [2.24, 2.45) is 0 Å². The predicted octanol–water partition coefficient (Wildman–Crippen LogP) is 2.22. The standard InChI is InChI=1S/C14H31NO3/c1-13(12-14(2,3)17-5)15-8-6-7-9-18-11-10-16-4/h13,15H,6-12H2,1-5H3. The SMILES string of the molecule is COCCOCCCCNC(C)CC(C)(C)OC. The van der Waals surface area contributed by atoms with E-state index in [0.717, 1.165) is 32.4 Å². The number of ether oxygens (including phenoxy) is 3. The van der Waals surface area contributed by atoms with Gasteiger partial charge in [-0.1, -0.05) is 0 Å². The van der Waals surface area contributed by atoms with Crippen LogP contribution in [0.1, 0.15) is 40.0 Å². The highest BCUT2D eigenvalue weighted by Crippen LogP contribution is 2.15. The molecule has 1 atom stereocenters. The third-order valence-corrected chi connectivity index (χ3v) is 2.99. The molecule has 0 aromatic carbocycles. The Bertz CT molecular complexity index is 186. The van der Waals surface area contributed by atoms with Gasteiger partial charge in [0.05, 0.1) is 18.8 Å². The molecule has 0 aliphatic rings. The quantitative estimate of drug-likeness (QED) is 0.547. The molecule has 0 radical (unpaired) electrons. The normalized spacial score (nSPS) is 13.8. The second-order valence-corrected chi connectivity index (χ2v) is 5.34. The van der Waals surface area contributed by atoms with Crippen LogP contribution in [0.15, 0.2) is 0 Å². The van der Waals surface area contributed by atoms with E-state index in [1.54, 1.807) is 14.2 Å². The molecule has 0 saturated heterocycles. The highest BCUT2D eigenvalue weighted by Gasteiger charge is 2.19. The number of nitrogens with one attached hydrogen (secondary N) is 1. The van der Waals surface area contributed by atoms with Crippen molar-refractivity contribution in [1.82, 2.24) is 5.32 Å². The van der Waals surface area contributed by atoms with Crippen LogP contribution in [0.4, 0.5) is 0 Å². The highest BCUT2D eigenvalue weighted by atomic mass is 16.5. The third-order valence-electron chi connectivity index (χ3n) is 2.99. The lowest BCUT2D eigenvalue weighted by molar-refractivity contribution is 0.00852. The van der Waals surface area contributed by atoms with Gasteiger partial charge in [0.2, 0.25) is 0 Å². The van der Waals surface area contributed by atoms with Crippen molar-refractivity contribution in [3.63, 3.8) is 0 Å². The van der Waals surface area contributed by atoms with Gasteiger partial charge in [-0.25, -0.2) is 0 Å². The molecule has 1 N–H and O–H groups in total. The Morgan fingerprint density at radius 2 is 1.78 bits per heavy atom. The van der Waals surface area contributed by atoms with Crippen molar-refractivity contribution in [2.45, 2.75) is 51.7 Å². The molecule has 4 nitrogen and oxygen atoms in total. The van der Waals surface area contributed by atoms with Gasteiger partial charge < -0.3 is 19.5 Å². The second kappa shape index (κ2) is 10.7. The summed E-state index contributed by atoms with van der Waals surface area (Å²) in [5.74, 6) is 0. The summed E-state index contributed by atoms with van der Waals surface area (Å²) in [6.07, 6.45) is 3.26. The molecular weight excluding hydrogens is 230 g/mol. The van der Waals surface area contributed by atoms with Crippen LogP contribution in [0, 0.1) is 0 Å². The van der Waals surface area contributed by atoms with Crippen LogP contribution in [-0.2, 0) is 14.2 Å². The first-order chi connectivity index (χ1) is 8.52. The minimum absolute atomic E-state index is 0.0460. The number of methoxy groups -OCH3 is 2. The average molecular weight is 261 g/mol. The van der Waals surface area contributed by atoms with Crippen LogP contribution in [-0.4, -0.2) is 52.2 Å². The Morgan fingerprint density at radius 3 is 2.39 bits per heavy atom. The summed E-state index contributed by atoms with van der Waals surface area (Å²) in [6.45, 7) is 9.68. The second-order valence-electron chi connectivity index (χ2n) is 5.34. The number of unbranched alkanes of at least 4 members (excludes halogenated alkanes) is 1. The lowest BCUT2D eigenvalue weighted by Gasteiger charge is -2.27. The molecule has 0 aliphatic carbocycles. The van der Waals surface area contributed by atoms with Crippen LogP contribution in [0.2, 0.25) is 0 Å². The average Bonchev–Trinajstić information content (AvgIpc) is 2.32. The van der Waals surface area contributed by atoms with Gasteiger partial charge in [-0.05, 0) is 46.6 Å². The van der Waals surface area contributed by atoms with E-state index >= 15 is 0 Å². The maximum Gasteiger partial charge on any atom is 0.0700 e. The molecule has 4 heteroatoms. The maximum atomic E-state index is 5.42. The van der Waals surface area contributed by atoms with Crippen LogP contribution < -0.4 is 5.32 Å². The Balaban J connectivity index is 3.33. The molecule has 0 amide bonds. The van der Waals surface area contributed by atoms with E-state index in [-0.39, 0.29) is 5.60 Å². The molecule has 0 rings (SSSR count). The van der Waals surface area contributed by atoms with E-state index in [2.05, 4.69) is 26.1 Å². The van der Waals surface area contributed by atoms with E-state index in [0.29, 0.717) is 19.3 Å². The van der Waals surface area contributed by atoms with Crippen molar-refractivity contribution < 1.29 is 14.2 Å². The Kier molecular flexibility index (Phi) is 10.6. The number of rotatable bonds is 12. The van der Waals surface area contributed by atoms with Crippen molar-refractivity contribution in [3.8, 4) is 0 Å². The van der Waals surface area contributed by atoms with Gasteiger partial charge in [0.25, 0.3) is 0 Å². The van der Waals surface area contributed by atoms with Crippen molar-refractivity contribution in [1.29, 1.82) is 0 Å². The largest absolute Gasteiger partial charge is 0.382 e. The molecule has 1 unspecified atom stereocenters. The van der Waals surface area contributed by atoms with Gasteiger partial charge in [-0.3, -0.25) is 0 Å². The summed E-state index contributed by atoms with van der Waals surface area (Å²) >= 11 is 0. The lowest BCUT2D eigenvalue weighted by Crippen LogP contribution is -2.36. The smallest absolute Gasteiger partial charge is 0.0700 e. The molecule has 0 aromatic rings. The first-order valence-corrected chi connectivity index (χ1v) is 6.87. The Hall–Kier alpha value is -0.160. The van der Waals surface area contributed by atoms with Crippen LogP contribution in [0.5, 0.6) is 0 Å². The predicted molar refractivity (Wildman–Crippen MR) is 75.1 cm³/mol. The first kappa shape index (κ1) is 17.8. The fourth-order valence-corrected chi connectivity index (χ4v) is 1.81. The zero-order valence-electron chi connectivity index (χ0n) is 12.8. The van der Waals surface area contributed by atoms with Crippen LogP contribution >= 0.6 is 0 Å². The summed E-state index contributed by atoms with van der Waals surface area (Å²) < 4.78 is 15.7. The van der Waals surface area contributed by atoms with Gasteiger partial charge in [0.1, 0.15) is 0 Å². The Morgan fingerprint density at radius 1 is 1.06 bits per heavy atom. The van der Waals surface area contributed by atoms with E-state index in [4.69, 9.17) is 14.2 Å². The van der Waals surface area contributed by atoms with E-state index in [9.17, 15) is 0 Å². The van der Waals surface area contributed by atoms with Crippen LogP contribution in [0.25, 0.3) is 0 Å². The van der Waals surface area contributed by atoms with Gasteiger partial charge >= 0.3 is 0 Å². The number of hydrogen-bond donors (Lipinski definition) is 1. The fourth-order valence-electron chi connectivity index (χ4n) is 1.81. The Labute approximate surface area is 112 Å². The van der Waals surface area contributed by atoms with Gasteiger partial charge in [0.15, 0.2) is 0 Å².